The van der Waals surface area contributed by atoms with E-state index in [9.17, 15) is 0 Å². The summed E-state index contributed by atoms with van der Waals surface area (Å²) in [5.74, 6) is 0.658. The fourth-order valence-electron chi connectivity index (χ4n) is 1.69. The molecule has 0 bridgehead atoms. The molecule has 1 unspecified atom stereocenters. The van der Waals surface area contributed by atoms with Crippen molar-refractivity contribution in [2.45, 2.75) is 33.1 Å². The van der Waals surface area contributed by atoms with Crippen LogP contribution in [-0.4, -0.2) is 4.98 Å². The molecule has 1 aromatic rings. The Bertz CT molecular complexity index is 314. The number of nitrogen functional groups attached to an aromatic ring is 1. The molecule has 1 aliphatic rings. The second-order valence-electron chi connectivity index (χ2n) is 4.24. The predicted molar refractivity (Wildman–Crippen MR) is 52.4 cm³/mol. The first-order chi connectivity index (χ1) is 5.50. The van der Waals surface area contributed by atoms with Gasteiger partial charge in [0, 0.05) is 10.8 Å². The van der Waals surface area contributed by atoms with E-state index < -0.39 is 0 Å². The van der Waals surface area contributed by atoms with Gasteiger partial charge in [0.05, 0.1) is 5.69 Å². The average molecular weight is 182 g/mol. The van der Waals surface area contributed by atoms with E-state index >= 15 is 0 Å². The molecule has 0 saturated heterocycles. The van der Waals surface area contributed by atoms with Gasteiger partial charge in [0.2, 0.25) is 0 Å². The van der Waals surface area contributed by atoms with Gasteiger partial charge in [0.1, 0.15) is 0 Å². The number of hydrogen-bond acceptors (Lipinski definition) is 3. The highest BCUT2D eigenvalue weighted by Crippen LogP contribution is 2.59. The van der Waals surface area contributed by atoms with Crippen molar-refractivity contribution < 1.29 is 0 Å². The predicted octanol–water partition coefficient (Wildman–Crippen LogP) is 2.55. The summed E-state index contributed by atoms with van der Waals surface area (Å²) in [5.41, 5.74) is 7.34. The molecule has 1 fully saturated rings. The lowest BCUT2D eigenvalue weighted by Gasteiger charge is -1.99. The van der Waals surface area contributed by atoms with Crippen LogP contribution >= 0.6 is 11.3 Å². The highest BCUT2D eigenvalue weighted by molar-refractivity contribution is 7.15. The molecule has 0 radical (unpaired) electrons. The molecule has 2 rings (SSSR count). The summed E-state index contributed by atoms with van der Waals surface area (Å²) in [5, 5.41) is 0.713. The smallest absolute Gasteiger partial charge is 0.180 e. The number of rotatable bonds is 1. The van der Waals surface area contributed by atoms with Gasteiger partial charge < -0.3 is 5.73 Å². The normalized spacial score (nSPS) is 25.8. The van der Waals surface area contributed by atoms with Crippen molar-refractivity contribution >= 4 is 16.5 Å². The molecule has 1 saturated carbocycles. The molecular weight excluding hydrogens is 168 g/mol. The van der Waals surface area contributed by atoms with Crippen LogP contribution in [-0.2, 0) is 0 Å². The first kappa shape index (κ1) is 8.05. The molecule has 0 amide bonds. The fourth-order valence-corrected chi connectivity index (χ4v) is 2.44. The number of anilines is 1. The monoisotopic (exact) mass is 182 g/mol. The Morgan fingerprint density at radius 1 is 1.58 bits per heavy atom. The van der Waals surface area contributed by atoms with E-state index in [-0.39, 0.29) is 0 Å². The third kappa shape index (κ3) is 1.12. The SMILES string of the molecule is Cc1sc(N)nc1C1CC1(C)C. The zero-order valence-corrected chi connectivity index (χ0v) is 8.53. The second kappa shape index (κ2) is 2.22. The second-order valence-corrected chi connectivity index (χ2v) is 5.47. The van der Waals surface area contributed by atoms with E-state index in [2.05, 4.69) is 25.8 Å². The van der Waals surface area contributed by atoms with Crippen LogP contribution in [0, 0.1) is 12.3 Å². The zero-order chi connectivity index (χ0) is 8.93. The molecule has 2 nitrogen and oxygen atoms in total. The lowest BCUT2D eigenvalue weighted by Crippen LogP contribution is -1.92. The summed E-state index contributed by atoms with van der Waals surface area (Å²) in [4.78, 5) is 5.66. The molecular formula is C9H14N2S. The van der Waals surface area contributed by atoms with Gasteiger partial charge in [-0.25, -0.2) is 4.98 Å². The summed E-state index contributed by atoms with van der Waals surface area (Å²) in [6, 6.07) is 0. The van der Waals surface area contributed by atoms with E-state index in [1.54, 1.807) is 11.3 Å². The lowest BCUT2D eigenvalue weighted by atomic mass is 10.1. The summed E-state index contributed by atoms with van der Waals surface area (Å²) in [7, 11) is 0. The maximum absolute atomic E-state index is 5.64. The van der Waals surface area contributed by atoms with E-state index in [1.807, 2.05) is 0 Å². The molecule has 0 aromatic carbocycles. The van der Waals surface area contributed by atoms with Crippen LogP contribution in [0.15, 0.2) is 0 Å². The van der Waals surface area contributed by atoms with Gasteiger partial charge >= 0.3 is 0 Å². The van der Waals surface area contributed by atoms with Gasteiger partial charge in [0.25, 0.3) is 0 Å². The van der Waals surface area contributed by atoms with Gasteiger partial charge in [-0.1, -0.05) is 13.8 Å². The highest BCUT2D eigenvalue weighted by atomic mass is 32.1. The molecule has 0 spiro atoms. The van der Waals surface area contributed by atoms with Gasteiger partial charge in [-0.3, -0.25) is 0 Å². The third-order valence-electron chi connectivity index (χ3n) is 2.69. The first-order valence-electron chi connectivity index (χ1n) is 4.23. The van der Waals surface area contributed by atoms with Gasteiger partial charge in [-0.15, -0.1) is 11.3 Å². The van der Waals surface area contributed by atoms with Crippen molar-refractivity contribution in [3.8, 4) is 0 Å². The maximum atomic E-state index is 5.64. The van der Waals surface area contributed by atoms with Crippen LogP contribution in [0.5, 0.6) is 0 Å². The van der Waals surface area contributed by atoms with E-state index in [0.717, 1.165) is 0 Å². The lowest BCUT2D eigenvalue weighted by molar-refractivity contribution is 0.616. The molecule has 3 heteroatoms. The van der Waals surface area contributed by atoms with Crippen molar-refractivity contribution in [1.29, 1.82) is 0 Å². The number of hydrogen-bond donors (Lipinski definition) is 1. The number of aryl methyl sites for hydroxylation is 1. The van der Waals surface area contributed by atoms with Crippen LogP contribution in [0.3, 0.4) is 0 Å². The highest BCUT2D eigenvalue weighted by Gasteiger charge is 2.48. The number of nitrogens with zero attached hydrogens (tertiary/aromatic N) is 1. The van der Waals surface area contributed by atoms with Crippen molar-refractivity contribution in [1.82, 2.24) is 4.98 Å². The van der Waals surface area contributed by atoms with E-state index in [0.29, 0.717) is 16.5 Å². The third-order valence-corrected chi connectivity index (χ3v) is 3.51. The summed E-state index contributed by atoms with van der Waals surface area (Å²) >= 11 is 1.60. The fraction of sp³-hybridized carbons (Fsp3) is 0.667. The topological polar surface area (TPSA) is 38.9 Å². The number of aromatic nitrogens is 1. The van der Waals surface area contributed by atoms with Gasteiger partial charge in [-0.05, 0) is 18.8 Å². The minimum atomic E-state index is 0.464. The maximum Gasteiger partial charge on any atom is 0.180 e. The Morgan fingerprint density at radius 2 is 2.17 bits per heavy atom. The number of nitrogens with two attached hydrogens (primary N) is 1. The Labute approximate surface area is 76.8 Å². The minimum Gasteiger partial charge on any atom is -0.375 e. The molecule has 1 aromatic heterocycles. The molecule has 1 atom stereocenters. The Hall–Kier alpha value is -0.570. The Kier molecular flexibility index (Phi) is 1.49. The van der Waals surface area contributed by atoms with Crippen LogP contribution in [0.1, 0.15) is 36.8 Å². The van der Waals surface area contributed by atoms with Crippen molar-refractivity contribution in [3.05, 3.63) is 10.6 Å². The molecule has 1 heterocycles. The van der Waals surface area contributed by atoms with Crippen molar-refractivity contribution in [2.24, 2.45) is 5.41 Å². The summed E-state index contributed by atoms with van der Waals surface area (Å²) in [6.45, 7) is 6.68. The molecule has 66 valence electrons. The zero-order valence-electron chi connectivity index (χ0n) is 7.72. The number of thiazole rings is 1. The van der Waals surface area contributed by atoms with Crippen molar-refractivity contribution in [2.75, 3.05) is 5.73 Å². The standard InChI is InChI=1S/C9H14N2S/c1-5-7(11-8(10)12-5)6-4-9(6,2)3/h6H,4H2,1-3H3,(H2,10,11). The molecule has 12 heavy (non-hydrogen) atoms. The summed E-state index contributed by atoms with van der Waals surface area (Å²) in [6.07, 6.45) is 1.26. The van der Waals surface area contributed by atoms with Crippen LogP contribution < -0.4 is 5.73 Å². The minimum absolute atomic E-state index is 0.464. The van der Waals surface area contributed by atoms with Crippen LogP contribution in [0.25, 0.3) is 0 Å². The Morgan fingerprint density at radius 3 is 2.50 bits per heavy atom. The molecule has 2 N–H and O–H groups in total. The van der Waals surface area contributed by atoms with Crippen LogP contribution in [0.2, 0.25) is 0 Å². The van der Waals surface area contributed by atoms with E-state index in [1.165, 1.54) is 17.0 Å². The molecule has 0 aliphatic heterocycles. The van der Waals surface area contributed by atoms with Gasteiger partial charge in [-0.2, -0.15) is 0 Å². The first-order valence-corrected chi connectivity index (χ1v) is 5.05. The van der Waals surface area contributed by atoms with Crippen molar-refractivity contribution in [3.63, 3.8) is 0 Å². The quantitative estimate of drug-likeness (QED) is 0.725. The summed E-state index contributed by atoms with van der Waals surface area (Å²) < 4.78 is 0. The van der Waals surface area contributed by atoms with Crippen LogP contribution in [0.4, 0.5) is 5.13 Å². The average Bonchev–Trinajstić information content (AvgIpc) is 2.40. The molecule has 1 aliphatic carbocycles. The van der Waals surface area contributed by atoms with E-state index in [4.69, 9.17) is 5.73 Å². The van der Waals surface area contributed by atoms with Gasteiger partial charge in [0.15, 0.2) is 5.13 Å². The Balaban J connectivity index is 2.30. The largest absolute Gasteiger partial charge is 0.375 e.